The van der Waals surface area contributed by atoms with Crippen LogP contribution in [0.3, 0.4) is 0 Å². The number of aromatic nitrogens is 3. The Morgan fingerprint density at radius 1 is 1.21 bits per heavy atom. The second kappa shape index (κ2) is 11.7. The molecule has 0 aliphatic heterocycles. The third-order valence-electron chi connectivity index (χ3n) is 4.86. The Bertz CT molecular complexity index is 740. The van der Waals surface area contributed by atoms with E-state index in [4.69, 9.17) is 11.6 Å². The largest absolute Gasteiger partial charge is 0.355 e. The maximum absolute atomic E-state index is 6.48. The number of likely N-dealkylation sites (N-methyl/N-ethyl adjacent to an activating group) is 1. The van der Waals surface area contributed by atoms with Gasteiger partial charge in [-0.1, -0.05) is 50.6 Å². The molecule has 2 N–H and O–H groups in total. The van der Waals surface area contributed by atoms with Crippen molar-refractivity contribution in [2.45, 2.75) is 39.8 Å². The second-order valence-corrected chi connectivity index (χ2v) is 6.84. The van der Waals surface area contributed by atoms with Crippen molar-refractivity contribution in [3.8, 4) is 0 Å². The first-order valence-electron chi connectivity index (χ1n) is 9.94. The monoisotopic (exact) mass is 405 g/mol. The molecule has 0 amide bonds. The van der Waals surface area contributed by atoms with Crippen LogP contribution in [-0.4, -0.2) is 58.9 Å². The van der Waals surface area contributed by atoms with Crippen LogP contribution in [0.2, 0.25) is 5.02 Å². The second-order valence-electron chi connectivity index (χ2n) is 6.43. The van der Waals surface area contributed by atoms with E-state index in [2.05, 4.69) is 62.1 Å². The fraction of sp³-hybridized carbons (Fsp3) is 0.550. The number of nitrogens with zero attached hydrogens (tertiary/aromatic N) is 5. The Morgan fingerprint density at radius 2 is 1.96 bits per heavy atom. The highest BCUT2D eigenvalue weighted by Gasteiger charge is 2.20. The summed E-state index contributed by atoms with van der Waals surface area (Å²) in [5.74, 6) is 1.76. The van der Waals surface area contributed by atoms with Crippen molar-refractivity contribution < 1.29 is 0 Å². The summed E-state index contributed by atoms with van der Waals surface area (Å²) in [5.41, 5.74) is 1.13. The topological polar surface area (TPSA) is 70.4 Å². The lowest BCUT2D eigenvalue weighted by Crippen LogP contribution is -2.44. The van der Waals surface area contributed by atoms with E-state index in [0.29, 0.717) is 0 Å². The quantitative estimate of drug-likeness (QED) is 0.469. The van der Waals surface area contributed by atoms with E-state index < -0.39 is 0 Å². The summed E-state index contributed by atoms with van der Waals surface area (Å²) in [4.78, 5) is 6.75. The van der Waals surface area contributed by atoms with Crippen LogP contribution in [0, 0.1) is 0 Å². The third kappa shape index (κ3) is 5.94. The predicted molar refractivity (Wildman–Crippen MR) is 116 cm³/mol. The summed E-state index contributed by atoms with van der Waals surface area (Å²) in [6.45, 7) is 10.6. The first-order chi connectivity index (χ1) is 13.6. The van der Waals surface area contributed by atoms with Gasteiger partial charge in [-0.15, -0.1) is 10.2 Å². The van der Waals surface area contributed by atoms with Crippen molar-refractivity contribution in [2.75, 3.05) is 33.2 Å². The van der Waals surface area contributed by atoms with E-state index in [9.17, 15) is 0 Å². The summed E-state index contributed by atoms with van der Waals surface area (Å²) in [7, 11) is 1.79. The highest BCUT2D eigenvalue weighted by molar-refractivity contribution is 6.31. The summed E-state index contributed by atoms with van der Waals surface area (Å²) in [6.07, 6.45) is 2.64. The van der Waals surface area contributed by atoms with Gasteiger partial charge in [0, 0.05) is 38.1 Å². The molecule has 1 atom stereocenters. The number of hydrogen-bond donors (Lipinski definition) is 2. The highest BCUT2D eigenvalue weighted by atomic mass is 35.5. The molecule has 1 heterocycles. The van der Waals surface area contributed by atoms with Gasteiger partial charge in [-0.05, 0) is 24.7 Å². The molecule has 0 bridgehead atoms. The molecule has 2 rings (SSSR count). The lowest BCUT2D eigenvalue weighted by Gasteiger charge is -2.31. The SMILES string of the molecule is CCc1nncn1CCNC(=NC)NCC(c1ccccc1Cl)N(CC)CC. The fourth-order valence-electron chi connectivity index (χ4n) is 3.29. The van der Waals surface area contributed by atoms with Gasteiger partial charge in [0.1, 0.15) is 12.2 Å². The molecular weight excluding hydrogens is 374 g/mol. The van der Waals surface area contributed by atoms with Crippen LogP contribution in [0.4, 0.5) is 0 Å². The molecule has 1 aromatic carbocycles. The Hall–Kier alpha value is -2.12. The number of guanidine groups is 1. The van der Waals surface area contributed by atoms with Gasteiger partial charge in [0.15, 0.2) is 5.96 Å². The van der Waals surface area contributed by atoms with E-state index in [1.807, 2.05) is 18.2 Å². The van der Waals surface area contributed by atoms with Gasteiger partial charge in [-0.25, -0.2) is 0 Å². The van der Waals surface area contributed by atoms with Gasteiger partial charge in [0.2, 0.25) is 0 Å². The average Bonchev–Trinajstić information content (AvgIpc) is 3.17. The molecule has 1 aromatic heterocycles. The molecule has 0 saturated heterocycles. The van der Waals surface area contributed by atoms with Crippen molar-refractivity contribution >= 4 is 17.6 Å². The minimum Gasteiger partial charge on any atom is -0.355 e. The standard InChI is InChI=1S/C20H32ClN7/c1-5-19-26-25-15-28(19)13-12-23-20(22-4)24-14-18(27(6-2)7-3)16-10-8-9-11-17(16)21/h8-11,15,18H,5-7,12-14H2,1-4H3,(H2,22,23,24). The van der Waals surface area contributed by atoms with Gasteiger partial charge >= 0.3 is 0 Å². The van der Waals surface area contributed by atoms with E-state index in [0.717, 1.165) is 61.5 Å². The number of aryl methyl sites for hydroxylation is 1. The Balaban J connectivity index is 1.97. The van der Waals surface area contributed by atoms with Crippen molar-refractivity contribution in [1.82, 2.24) is 30.3 Å². The van der Waals surface area contributed by atoms with Gasteiger partial charge in [-0.3, -0.25) is 9.89 Å². The lowest BCUT2D eigenvalue weighted by molar-refractivity contribution is 0.219. The first kappa shape index (κ1) is 22.2. The van der Waals surface area contributed by atoms with Crippen molar-refractivity contribution in [1.29, 1.82) is 0 Å². The van der Waals surface area contributed by atoms with E-state index >= 15 is 0 Å². The number of nitrogens with one attached hydrogen (secondary N) is 2. The highest BCUT2D eigenvalue weighted by Crippen LogP contribution is 2.26. The van der Waals surface area contributed by atoms with E-state index in [-0.39, 0.29) is 6.04 Å². The van der Waals surface area contributed by atoms with Crippen LogP contribution >= 0.6 is 11.6 Å². The van der Waals surface area contributed by atoms with Gasteiger partial charge in [-0.2, -0.15) is 0 Å². The van der Waals surface area contributed by atoms with Crippen LogP contribution < -0.4 is 10.6 Å². The van der Waals surface area contributed by atoms with Gasteiger partial charge < -0.3 is 15.2 Å². The molecule has 28 heavy (non-hydrogen) atoms. The molecule has 0 aliphatic carbocycles. The van der Waals surface area contributed by atoms with Gasteiger partial charge in [0.05, 0.1) is 6.04 Å². The van der Waals surface area contributed by atoms with Crippen LogP contribution in [0.1, 0.15) is 38.2 Å². The number of hydrogen-bond acceptors (Lipinski definition) is 4. The molecular formula is C20H32ClN7. The van der Waals surface area contributed by atoms with E-state index in [1.165, 1.54) is 0 Å². The maximum Gasteiger partial charge on any atom is 0.191 e. The summed E-state index contributed by atoms with van der Waals surface area (Å²) >= 11 is 6.48. The normalized spacial score (nSPS) is 13.0. The third-order valence-corrected chi connectivity index (χ3v) is 5.21. The van der Waals surface area contributed by atoms with E-state index in [1.54, 1.807) is 13.4 Å². The van der Waals surface area contributed by atoms with Crippen molar-refractivity contribution in [2.24, 2.45) is 4.99 Å². The number of benzene rings is 1. The molecule has 0 fully saturated rings. The predicted octanol–water partition coefficient (Wildman–Crippen LogP) is 2.74. The number of aliphatic imine (C=N–C) groups is 1. The Kier molecular flexibility index (Phi) is 9.23. The summed E-state index contributed by atoms with van der Waals surface area (Å²) in [6, 6.07) is 8.22. The van der Waals surface area contributed by atoms with Crippen LogP contribution in [-0.2, 0) is 13.0 Å². The van der Waals surface area contributed by atoms with Crippen LogP contribution in [0.15, 0.2) is 35.6 Å². The van der Waals surface area contributed by atoms with Crippen LogP contribution in [0.25, 0.3) is 0 Å². The molecule has 0 spiro atoms. The minimum absolute atomic E-state index is 0.173. The van der Waals surface area contributed by atoms with Crippen LogP contribution in [0.5, 0.6) is 0 Å². The molecule has 0 radical (unpaired) electrons. The molecule has 0 aliphatic rings. The number of halogens is 1. The Morgan fingerprint density at radius 3 is 2.61 bits per heavy atom. The van der Waals surface area contributed by atoms with Crippen molar-refractivity contribution in [3.05, 3.63) is 47.0 Å². The van der Waals surface area contributed by atoms with Crippen molar-refractivity contribution in [3.63, 3.8) is 0 Å². The lowest BCUT2D eigenvalue weighted by atomic mass is 10.0. The summed E-state index contributed by atoms with van der Waals surface area (Å²) in [5, 5.41) is 15.7. The zero-order chi connectivity index (χ0) is 20.4. The molecule has 2 aromatic rings. The Labute approximate surface area is 173 Å². The zero-order valence-electron chi connectivity index (χ0n) is 17.3. The molecule has 7 nitrogen and oxygen atoms in total. The summed E-state index contributed by atoms with van der Waals surface area (Å²) < 4.78 is 2.06. The maximum atomic E-state index is 6.48. The molecule has 8 heteroatoms. The molecule has 154 valence electrons. The first-order valence-corrected chi connectivity index (χ1v) is 10.3. The minimum atomic E-state index is 0.173. The molecule has 0 saturated carbocycles. The smallest absolute Gasteiger partial charge is 0.191 e. The molecule has 1 unspecified atom stereocenters. The average molecular weight is 406 g/mol. The number of rotatable bonds is 10. The van der Waals surface area contributed by atoms with Gasteiger partial charge in [0.25, 0.3) is 0 Å². The fourth-order valence-corrected chi connectivity index (χ4v) is 3.56. The zero-order valence-corrected chi connectivity index (χ0v) is 18.1.